The van der Waals surface area contributed by atoms with E-state index in [1.165, 1.54) is 18.2 Å². The van der Waals surface area contributed by atoms with Crippen LogP contribution in [-0.4, -0.2) is 53.1 Å². The number of hydrogen-bond donors (Lipinski definition) is 1. The van der Waals surface area contributed by atoms with Gasteiger partial charge < -0.3 is 19.2 Å². The Morgan fingerprint density at radius 3 is 2.65 bits per heavy atom. The predicted octanol–water partition coefficient (Wildman–Crippen LogP) is 2.70. The largest absolute Gasteiger partial charge is 0.490 e. The van der Waals surface area contributed by atoms with Crippen molar-refractivity contribution in [3.63, 3.8) is 0 Å². The molecule has 0 aliphatic heterocycles. The molecule has 0 amide bonds. The monoisotopic (exact) mass is 373 g/mol. The van der Waals surface area contributed by atoms with Gasteiger partial charge in [-0.25, -0.2) is 0 Å². The second-order valence-corrected chi connectivity index (χ2v) is 6.04. The van der Waals surface area contributed by atoms with Gasteiger partial charge in [0, 0.05) is 19.9 Å². The summed E-state index contributed by atoms with van der Waals surface area (Å²) in [5.41, 5.74) is -0.851. The first-order chi connectivity index (χ1) is 12.3. The summed E-state index contributed by atoms with van der Waals surface area (Å²) < 4.78 is 49.1. The molecule has 0 radical (unpaired) electrons. The molecule has 0 aliphatic carbocycles. The molecule has 0 aliphatic rings. The van der Waals surface area contributed by atoms with Gasteiger partial charge in [-0.3, -0.25) is 0 Å². The first-order valence-electron chi connectivity index (χ1n) is 8.20. The Hall–Kier alpha value is -2.13. The minimum atomic E-state index is -4.49. The highest BCUT2D eigenvalue weighted by Crippen LogP contribution is 2.35. The molecule has 144 valence electrons. The molecular formula is C17H22F3N3O3. The first-order valence-corrected chi connectivity index (χ1v) is 8.20. The molecule has 2 aromatic rings. The molecule has 0 fully saturated rings. The van der Waals surface area contributed by atoms with Crippen molar-refractivity contribution in [1.82, 2.24) is 15.1 Å². The summed E-state index contributed by atoms with van der Waals surface area (Å²) in [7, 11) is 1.81. The zero-order chi connectivity index (χ0) is 19.2. The minimum Gasteiger partial charge on any atom is -0.490 e. The SMILES string of the molecule is Cc1nnc(CCCN(C)CC(O)COc2ccccc2C(F)(F)F)o1. The minimum absolute atomic E-state index is 0.222. The molecule has 1 heterocycles. The fourth-order valence-electron chi connectivity index (χ4n) is 2.46. The third kappa shape index (κ3) is 6.30. The molecule has 0 bridgehead atoms. The van der Waals surface area contributed by atoms with Crippen LogP contribution in [0.3, 0.4) is 0 Å². The van der Waals surface area contributed by atoms with Crippen LogP contribution in [0.5, 0.6) is 5.75 Å². The molecule has 0 saturated carbocycles. The molecule has 1 atom stereocenters. The van der Waals surface area contributed by atoms with Crippen molar-refractivity contribution < 1.29 is 27.4 Å². The normalized spacial score (nSPS) is 13.2. The highest BCUT2D eigenvalue weighted by Gasteiger charge is 2.34. The van der Waals surface area contributed by atoms with Crippen molar-refractivity contribution >= 4 is 0 Å². The van der Waals surface area contributed by atoms with Gasteiger partial charge in [0.05, 0.1) is 5.56 Å². The Bertz CT molecular complexity index is 691. The molecule has 9 heteroatoms. The quantitative estimate of drug-likeness (QED) is 0.729. The second kappa shape index (κ2) is 9.00. The number of likely N-dealkylation sites (N-methyl/N-ethyl adjacent to an activating group) is 1. The Morgan fingerprint density at radius 1 is 1.27 bits per heavy atom. The van der Waals surface area contributed by atoms with Gasteiger partial charge in [0.2, 0.25) is 11.8 Å². The summed E-state index contributed by atoms with van der Waals surface area (Å²) in [4.78, 5) is 1.87. The van der Waals surface area contributed by atoms with Crippen LogP contribution in [0.1, 0.15) is 23.8 Å². The van der Waals surface area contributed by atoms with Gasteiger partial charge in [-0.05, 0) is 32.1 Å². The van der Waals surface area contributed by atoms with Crippen molar-refractivity contribution in [2.45, 2.75) is 32.0 Å². The number of alkyl halides is 3. The maximum Gasteiger partial charge on any atom is 0.419 e. The standard InChI is InChI=1S/C17H22F3N3O3/c1-12-21-22-16(26-12)8-5-9-23(2)10-13(24)11-25-15-7-4-3-6-14(15)17(18,19)20/h3-4,6-7,13,24H,5,8-11H2,1-2H3. The Balaban J connectivity index is 1.74. The lowest BCUT2D eigenvalue weighted by molar-refractivity contribution is -0.139. The number of aliphatic hydroxyl groups is 1. The topological polar surface area (TPSA) is 71.6 Å². The summed E-state index contributed by atoms with van der Waals surface area (Å²) in [6.45, 7) is 2.44. The second-order valence-electron chi connectivity index (χ2n) is 6.04. The van der Waals surface area contributed by atoms with Crippen LogP contribution in [0.15, 0.2) is 28.7 Å². The van der Waals surface area contributed by atoms with E-state index in [2.05, 4.69) is 10.2 Å². The smallest absolute Gasteiger partial charge is 0.419 e. The van der Waals surface area contributed by atoms with E-state index in [1.54, 1.807) is 6.92 Å². The van der Waals surface area contributed by atoms with E-state index in [-0.39, 0.29) is 18.9 Å². The van der Waals surface area contributed by atoms with Gasteiger partial charge in [-0.1, -0.05) is 12.1 Å². The molecule has 1 unspecified atom stereocenters. The molecule has 0 spiro atoms. The van der Waals surface area contributed by atoms with Crippen LogP contribution < -0.4 is 4.74 Å². The van der Waals surface area contributed by atoms with E-state index in [0.29, 0.717) is 24.7 Å². The van der Waals surface area contributed by atoms with Gasteiger partial charge in [0.25, 0.3) is 0 Å². The lowest BCUT2D eigenvalue weighted by Gasteiger charge is -2.21. The number of ether oxygens (including phenoxy) is 1. The molecule has 0 saturated heterocycles. The van der Waals surface area contributed by atoms with E-state index in [0.717, 1.165) is 12.5 Å². The predicted molar refractivity (Wildman–Crippen MR) is 87.8 cm³/mol. The summed E-state index contributed by atoms with van der Waals surface area (Å²) in [5, 5.41) is 17.6. The fourth-order valence-corrected chi connectivity index (χ4v) is 2.46. The number of rotatable bonds is 9. The molecule has 26 heavy (non-hydrogen) atoms. The van der Waals surface area contributed by atoms with Crippen LogP contribution in [0.25, 0.3) is 0 Å². The maximum atomic E-state index is 12.9. The number of benzene rings is 1. The van der Waals surface area contributed by atoms with Gasteiger partial charge in [-0.2, -0.15) is 13.2 Å². The van der Waals surface area contributed by atoms with E-state index < -0.39 is 17.8 Å². The van der Waals surface area contributed by atoms with Crippen molar-refractivity contribution in [2.24, 2.45) is 0 Å². The van der Waals surface area contributed by atoms with E-state index in [1.807, 2.05) is 11.9 Å². The average molecular weight is 373 g/mol. The summed E-state index contributed by atoms with van der Waals surface area (Å²) in [6.07, 6.45) is -4.03. The summed E-state index contributed by atoms with van der Waals surface area (Å²) in [5.74, 6) is 0.789. The Kier molecular flexibility index (Phi) is 6.98. The van der Waals surface area contributed by atoms with Crippen molar-refractivity contribution in [1.29, 1.82) is 0 Å². The number of nitrogens with zero attached hydrogens (tertiary/aromatic N) is 3. The lowest BCUT2D eigenvalue weighted by atomic mass is 10.2. The summed E-state index contributed by atoms with van der Waals surface area (Å²) >= 11 is 0. The Labute approximate surface area is 149 Å². The molecule has 1 aromatic heterocycles. The first kappa shape index (κ1) is 20.2. The molecule has 2 rings (SSSR count). The van der Waals surface area contributed by atoms with Gasteiger partial charge in [-0.15, -0.1) is 10.2 Å². The van der Waals surface area contributed by atoms with Crippen LogP contribution in [-0.2, 0) is 12.6 Å². The van der Waals surface area contributed by atoms with E-state index >= 15 is 0 Å². The van der Waals surface area contributed by atoms with E-state index in [9.17, 15) is 18.3 Å². The molecule has 1 N–H and O–H groups in total. The molecule has 6 nitrogen and oxygen atoms in total. The van der Waals surface area contributed by atoms with Crippen molar-refractivity contribution in [3.8, 4) is 5.75 Å². The fraction of sp³-hybridized carbons (Fsp3) is 0.529. The maximum absolute atomic E-state index is 12.9. The van der Waals surface area contributed by atoms with Gasteiger partial charge >= 0.3 is 6.18 Å². The van der Waals surface area contributed by atoms with Crippen LogP contribution in [0, 0.1) is 6.92 Å². The van der Waals surface area contributed by atoms with Gasteiger partial charge in [0.1, 0.15) is 18.5 Å². The molecular weight excluding hydrogens is 351 g/mol. The Morgan fingerprint density at radius 2 is 2.00 bits per heavy atom. The number of aryl methyl sites for hydroxylation is 2. The van der Waals surface area contributed by atoms with Crippen molar-refractivity contribution in [2.75, 3.05) is 26.7 Å². The third-order valence-corrected chi connectivity index (χ3v) is 3.64. The zero-order valence-corrected chi connectivity index (χ0v) is 14.7. The van der Waals surface area contributed by atoms with E-state index in [4.69, 9.17) is 9.15 Å². The molecule has 1 aromatic carbocycles. The highest BCUT2D eigenvalue weighted by molar-refractivity contribution is 5.35. The number of hydrogen-bond acceptors (Lipinski definition) is 6. The van der Waals surface area contributed by atoms with Crippen LogP contribution >= 0.6 is 0 Å². The van der Waals surface area contributed by atoms with Crippen molar-refractivity contribution in [3.05, 3.63) is 41.6 Å². The number of halogens is 3. The van der Waals surface area contributed by atoms with Crippen LogP contribution in [0.2, 0.25) is 0 Å². The zero-order valence-electron chi connectivity index (χ0n) is 14.7. The lowest BCUT2D eigenvalue weighted by Crippen LogP contribution is -2.34. The summed E-state index contributed by atoms with van der Waals surface area (Å²) in [6, 6.07) is 4.95. The third-order valence-electron chi connectivity index (χ3n) is 3.64. The number of aliphatic hydroxyl groups excluding tert-OH is 1. The number of aromatic nitrogens is 2. The average Bonchev–Trinajstić information content (AvgIpc) is 2.97. The number of para-hydroxylation sites is 1. The highest BCUT2D eigenvalue weighted by atomic mass is 19.4. The van der Waals surface area contributed by atoms with Gasteiger partial charge in [0.15, 0.2) is 0 Å². The van der Waals surface area contributed by atoms with Crippen LogP contribution in [0.4, 0.5) is 13.2 Å².